The zero-order chi connectivity index (χ0) is 20.8. The lowest BCUT2D eigenvalue weighted by molar-refractivity contribution is -0.289. The molecule has 0 saturated carbocycles. The summed E-state index contributed by atoms with van der Waals surface area (Å²) in [4.78, 5) is -1.65. The molecule has 27 heavy (non-hydrogen) atoms. The molecular weight excluding hydrogens is 422 g/mol. The Hall–Kier alpha value is -1.78. The van der Waals surface area contributed by atoms with Crippen LogP contribution in [0.4, 0.5) is 26.3 Å². The van der Waals surface area contributed by atoms with Crippen LogP contribution in [0.3, 0.4) is 0 Å². The normalized spacial score (nSPS) is 13.7. The van der Waals surface area contributed by atoms with E-state index in [1.807, 2.05) is 0 Å². The third kappa shape index (κ3) is 3.65. The molecule has 0 bridgehead atoms. The second-order valence-electron chi connectivity index (χ2n) is 5.71. The molecule has 2 aromatic rings. The quantitative estimate of drug-likeness (QED) is 0.509. The Morgan fingerprint density at radius 2 is 1.37 bits per heavy atom. The lowest BCUT2D eigenvalue weighted by Gasteiger charge is -2.39. The van der Waals surface area contributed by atoms with E-state index in [0.29, 0.717) is 23.8 Å². The fourth-order valence-corrected chi connectivity index (χ4v) is 3.65. The maximum absolute atomic E-state index is 14.0. The monoisotopic (exact) mass is 431 g/mol. The predicted molar refractivity (Wildman–Crippen MR) is 83.5 cm³/mol. The van der Waals surface area contributed by atoms with E-state index < -0.39 is 48.9 Å². The first-order valence-electron chi connectivity index (χ1n) is 7.09. The zero-order valence-corrected chi connectivity index (χ0v) is 14.9. The summed E-state index contributed by atoms with van der Waals surface area (Å²) in [6.07, 6.45) is -12.1. The van der Waals surface area contributed by atoms with Crippen LogP contribution in [0.5, 0.6) is 0 Å². The largest absolute Gasteiger partial charge is 0.744 e. The minimum Gasteiger partial charge on any atom is -0.744 e. The molecule has 0 aliphatic heterocycles. The third-order valence-corrected chi connectivity index (χ3v) is 5.08. The smallest absolute Gasteiger partial charge is 0.411 e. The summed E-state index contributed by atoms with van der Waals surface area (Å²) in [7, 11) is -5.68. The molecule has 2 rings (SSSR count). The van der Waals surface area contributed by atoms with Crippen LogP contribution >= 0.6 is 11.6 Å². The van der Waals surface area contributed by atoms with Crippen molar-refractivity contribution < 1.29 is 39.3 Å². The van der Waals surface area contributed by atoms with Crippen molar-refractivity contribution in [3.05, 3.63) is 64.2 Å². The highest BCUT2D eigenvalue weighted by Gasteiger charge is 2.73. The summed E-state index contributed by atoms with van der Waals surface area (Å²) < 4.78 is 118. The third-order valence-electron chi connectivity index (χ3n) is 3.95. The van der Waals surface area contributed by atoms with Gasteiger partial charge in [0.25, 0.3) is 0 Å². The summed E-state index contributed by atoms with van der Waals surface area (Å²) in [5, 5.41) is -0.595. The van der Waals surface area contributed by atoms with Crippen LogP contribution in [0.1, 0.15) is 16.7 Å². The minimum atomic E-state index is -6.04. The van der Waals surface area contributed by atoms with Gasteiger partial charge in [-0.1, -0.05) is 41.4 Å². The van der Waals surface area contributed by atoms with Gasteiger partial charge in [-0.3, -0.25) is 0 Å². The van der Waals surface area contributed by atoms with Gasteiger partial charge in [0.15, 0.2) is 0 Å². The number of halogens is 7. The molecule has 0 N–H and O–H groups in total. The molecule has 0 heterocycles. The number of aryl methyl sites for hydroxylation is 1. The number of hydrogen-bond donors (Lipinski definition) is 0. The average molecular weight is 432 g/mol. The SMILES string of the molecule is Cc1ccc(C(c2cc(Cl)ccc2S(=O)(=O)[O-])(C(F)(F)F)C(F)(F)F)cc1. The van der Waals surface area contributed by atoms with Crippen molar-refractivity contribution >= 4 is 21.7 Å². The van der Waals surface area contributed by atoms with Gasteiger partial charge in [-0.25, -0.2) is 8.42 Å². The molecule has 0 spiro atoms. The Balaban J connectivity index is 3.13. The van der Waals surface area contributed by atoms with Crippen LogP contribution in [0.2, 0.25) is 5.02 Å². The number of benzene rings is 2. The molecule has 0 fully saturated rings. The second-order valence-corrected chi connectivity index (χ2v) is 7.49. The summed E-state index contributed by atoms with van der Waals surface area (Å²) >= 11 is 5.55. The minimum absolute atomic E-state index is 0.202. The highest BCUT2D eigenvalue weighted by Crippen LogP contribution is 2.57. The average Bonchev–Trinajstić information content (AvgIpc) is 2.45. The van der Waals surface area contributed by atoms with Crippen LogP contribution in [0, 0.1) is 6.92 Å². The summed E-state index contributed by atoms with van der Waals surface area (Å²) in [6.45, 7) is 1.44. The lowest BCUT2D eigenvalue weighted by atomic mass is 9.72. The van der Waals surface area contributed by atoms with E-state index in [-0.39, 0.29) is 6.07 Å². The second kappa shape index (κ2) is 6.68. The van der Waals surface area contributed by atoms with Gasteiger partial charge in [0.2, 0.25) is 5.41 Å². The topological polar surface area (TPSA) is 57.2 Å². The van der Waals surface area contributed by atoms with Gasteiger partial charge in [-0.2, -0.15) is 26.3 Å². The molecule has 0 unspecified atom stereocenters. The molecule has 0 aliphatic carbocycles. The maximum Gasteiger partial charge on any atom is 0.411 e. The van der Waals surface area contributed by atoms with E-state index in [0.717, 1.165) is 18.2 Å². The lowest BCUT2D eigenvalue weighted by Crippen LogP contribution is -2.55. The van der Waals surface area contributed by atoms with Crippen LogP contribution in [0.15, 0.2) is 47.4 Å². The van der Waals surface area contributed by atoms with Gasteiger partial charge < -0.3 is 4.55 Å². The van der Waals surface area contributed by atoms with Crippen LogP contribution in [-0.2, 0) is 15.5 Å². The van der Waals surface area contributed by atoms with Gasteiger partial charge >= 0.3 is 12.4 Å². The molecule has 148 valence electrons. The van der Waals surface area contributed by atoms with Gasteiger partial charge in [0.05, 0.1) is 4.90 Å². The standard InChI is InChI=1S/C16H11ClF6O3S/c1-9-2-4-10(5-3-9)14(15(18,19)20,16(21,22)23)12-8-11(17)6-7-13(12)27(24,25)26/h2-8H,1H3,(H,24,25,26)/p-1. The maximum atomic E-state index is 14.0. The van der Waals surface area contributed by atoms with Crippen LogP contribution in [-0.4, -0.2) is 25.3 Å². The first-order valence-corrected chi connectivity index (χ1v) is 8.87. The van der Waals surface area contributed by atoms with E-state index in [1.165, 1.54) is 6.92 Å². The Bertz CT molecular complexity index is 936. The van der Waals surface area contributed by atoms with Crippen molar-refractivity contribution in [1.29, 1.82) is 0 Å². The Kier molecular flexibility index (Phi) is 5.32. The summed E-state index contributed by atoms with van der Waals surface area (Å²) in [5.74, 6) is 0. The Morgan fingerprint density at radius 1 is 0.889 bits per heavy atom. The van der Waals surface area contributed by atoms with Crippen molar-refractivity contribution in [3.8, 4) is 0 Å². The highest BCUT2D eigenvalue weighted by molar-refractivity contribution is 7.85. The Morgan fingerprint density at radius 3 is 1.78 bits per heavy atom. The molecule has 0 amide bonds. The van der Waals surface area contributed by atoms with Crippen molar-refractivity contribution in [3.63, 3.8) is 0 Å². The first-order chi connectivity index (χ1) is 12.1. The highest BCUT2D eigenvalue weighted by atomic mass is 35.5. The van der Waals surface area contributed by atoms with Crippen molar-refractivity contribution in [2.45, 2.75) is 29.6 Å². The van der Waals surface area contributed by atoms with E-state index in [2.05, 4.69) is 0 Å². The number of hydrogen-bond acceptors (Lipinski definition) is 3. The van der Waals surface area contributed by atoms with Gasteiger partial charge in [-0.05, 0) is 36.2 Å². The van der Waals surface area contributed by atoms with Crippen molar-refractivity contribution in [2.24, 2.45) is 0 Å². The zero-order valence-electron chi connectivity index (χ0n) is 13.3. The van der Waals surface area contributed by atoms with Crippen LogP contribution in [0.25, 0.3) is 0 Å². The fraction of sp³-hybridized carbons (Fsp3) is 0.250. The molecule has 0 radical (unpaired) electrons. The van der Waals surface area contributed by atoms with E-state index in [4.69, 9.17) is 11.6 Å². The first kappa shape index (κ1) is 21.5. The molecular formula is C16H10ClF6O3S-. The van der Waals surface area contributed by atoms with Crippen molar-refractivity contribution in [2.75, 3.05) is 0 Å². The molecule has 0 aliphatic rings. The molecule has 0 atom stereocenters. The predicted octanol–water partition coefficient (Wildman–Crippen LogP) is 4.96. The van der Waals surface area contributed by atoms with Crippen molar-refractivity contribution in [1.82, 2.24) is 0 Å². The van der Waals surface area contributed by atoms with E-state index >= 15 is 0 Å². The Labute approximate surface area is 155 Å². The number of rotatable bonds is 3. The van der Waals surface area contributed by atoms with Gasteiger partial charge in [0, 0.05) is 5.02 Å². The molecule has 2 aromatic carbocycles. The fourth-order valence-electron chi connectivity index (χ4n) is 2.77. The van der Waals surface area contributed by atoms with Gasteiger partial charge in [0.1, 0.15) is 10.1 Å². The van der Waals surface area contributed by atoms with Gasteiger partial charge in [-0.15, -0.1) is 0 Å². The number of alkyl halides is 6. The molecule has 3 nitrogen and oxygen atoms in total. The van der Waals surface area contributed by atoms with E-state index in [9.17, 15) is 39.3 Å². The molecule has 11 heteroatoms. The van der Waals surface area contributed by atoms with Crippen LogP contribution < -0.4 is 0 Å². The summed E-state index contributed by atoms with van der Waals surface area (Å²) in [6, 6.07) is 4.45. The molecule has 0 saturated heterocycles. The van der Waals surface area contributed by atoms with E-state index in [1.54, 1.807) is 0 Å². The molecule has 0 aromatic heterocycles. The summed E-state index contributed by atoms with van der Waals surface area (Å²) in [5.41, 5.74) is -7.49.